The van der Waals surface area contributed by atoms with E-state index in [1.165, 1.54) is 11.3 Å². The summed E-state index contributed by atoms with van der Waals surface area (Å²) in [5, 5.41) is 8.46. The first-order valence-corrected chi connectivity index (χ1v) is 6.65. The molecule has 0 saturated heterocycles. The monoisotopic (exact) mass is 267 g/mol. The molecule has 98 valence electrons. The molecule has 0 aromatic carbocycles. The lowest BCUT2D eigenvalue weighted by molar-refractivity contribution is -0.119. The van der Waals surface area contributed by atoms with Gasteiger partial charge in [0.15, 0.2) is 0 Å². The van der Waals surface area contributed by atoms with Gasteiger partial charge in [-0.05, 0) is 24.8 Å². The summed E-state index contributed by atoms with van der Waals surface area (Å²) in [6.07, 6.45) is 1.10. The van der Waals surface area contributed by atoms with Gasteiger partial charge in [-0.3, -0.25) is 9.59 Å². The van der Waals surface area contributed by atoms with E-state index in [1.54, 1.807) is 19.1 Å². The second-order valence-corrected chi connectivity index (χ2v) is 4.74. The Hall–Kier alpha value is -1.69. The van der Waals surface area contributed by atoms with Crippen LogP contribution in [0.4, 0.5) is 0 Å². The zero-order valence-corrected chi connectivity index (χ0v) is 11.3. The van der Waals surface area contributed by atoms with E-state index in [4.69, 9.17) is 0 Å². The third kappa shape index (κ3) is 5.09. The molecular formula is C12H17N3O2S. The maximum Gasteiger partial charge on any atom is 0.281 e. The molecule has 0 aliphatic heterocycles. The van der Waals surface area contributed by atoms with E-state index in [1.807, 2.05) is 12.3 Å². The van der Waals surface area contributed by atoms with Gasteiger partial charge in [0.05, 0.1) is 11.3 Å². The van der Waals surface area contributed by atoms with Crippen LogP contribution in [0, 0.1) is 0 Å². The van der Waals surface area contributed by atoms with Gasteiger partial charge in [0.1, 0.15) is 0 Å². The summed E-state index contributed by atoms with van der Waals surface area (Å²) in [4.78, 5) is 23.5. The number of nitrogens with one attached hydrogen (secondary N) is 2. The molecule has 1 aromatic heterocycles. The highest BCUT2D eigenvalue weighted by Gasteiger charge is 2.06. The summed E-state index contributed by atoms with van der Waals surface area (Å²) in [6, 6.07) is 3.52. The van der Waals surface area contributed by atoms with Crippen molar-refractivity contribution in [1.29, 1.82) is 0 Å². The molecule has 0 fully saturated rings. The fourth-order valence-electron chi connectivity index (χ4n) is 1.21. The molecule has 6 heteroatoms. The predicted molar refractivity (Wildman–Crippen MR) is 72.8 cm³/mol. The number of rotatable bonds is 6. The number of carbonyl (C=O) groups is 2. The molecule has 2 N–H and O–H groups in total. The Balaban J connectivity index is 2.37. The van der Waals surface area contributed by atoms with Crippen LogP contribution in [0.3, 0.4) is 0 Å². The standard InChI is InChI=1S/C12H17N3O2S/c1-3-6-13-11(16)8-9(2)14-15-12(17)10-5-4-7-18-10/h4-5,7H,3,6,8H2,1-2H3,(H,13,16)(H,15,17)/b14-9+. The number of carbonyl (C=O) groups excluding carboxylic acids is 2. The molecule has 0 spiro atoms. The van der Waals surface area contributed by atoms with Crippen molar-refractivity contribution in [3.63, 3.8) is 0 Å². The highest BCUT2D eigenvalue weighted by atomic mass is 32.1. The van der Waals surface area contributed by atoms with Gasteiger partial charge in [-0.1, -0.05) is 13.0 Å². The lowest BCUT2D eigenvalue weighted by atomic mass is 10.3. The third-order valence-corrected chi connectivity index (χ3v) is 2.95. The molecule has 0 aliphatic carbocycles. The zero-order chi connectivity index (χ0) is 13.4. The van der Waals surface area contributed by atoms with Crippen LogP contribution in [0.1, 0.15) is 36.4 Å². The maximum absolute atomic E-state index is 11.6. The SMILES string of the molecule is CCCNC(=O)C/C(C)=N/NC(=O)c1cccs1. The van der Waals surface area contributed by atoms with Crippen molar-refractivity contribution >= 4 is 28.9 Å². The average molecular weight is 267 g/mol. The molecular weight excluding hydrogens is 250 g/mol. The first kappa shape index (κ1) is 14.4. The van der Waals surface area contributed by atoms with Gasteiger partial charge in [0.2, 0.25) is 5.91 Å². The molecule has 0 unspecified atom stereocenters. The van der Waals surface area contributed by atoms with Crippen molar-refractivity contribution < 1.29 is 9.59 Å². The quantitative estimate of drug-likeness (QED) is 0.609. The number of amides is 2. The molecule has 0 radical (unpaired) electrons. The van der Waals surface area contributed by atoms with Crippen LogP contribution in [-0.2, 0) is 4.79 Å². The second kappa shape index (κ2) is 7.60. The second-order valence-electron chi connectivity index (χ2n) is 3.79. The van der Waals surface area contributed by atoms with Crippen LogP contribution < -0.4 is 10.7 Å². The first-order chi connectivity index (χ1) is 8.63. The van der Waals surface area contributed by atoms with Crippen molar-refractivity contribution in [3.05, 3.63) is 22.4 Å². The van der Waals surface area contributed by atoms with Crippen LogP contribution in [0.15, 0.2) is 22.6 Å². The smallest absolute Gasteiger partial charge is 0.281 e. The Morgan fingerprint density at radius 3 is 2.83 bits per heavy atom. The van der Waals surface area contributed by atoms with Gasteiger partial charge in [0.25, 0.3) is 5.91 Å². The van der Waals surface area contributed by atoms with Crippen LogP contribution in [0.5, 0.6) is 0 Å². The zero-order valence-electron chi connectivity index (χ0n) is 10.5. The molecule has 1 rings (SSSR count). The summed E-state index contributed by atoms with van der Waals surface area (Å²) in [5.74, 6) is -0.332. The predicted octanol–water partition coefficient (Wildman–Crippen LogP) is 1.77. The minimum absolute atomic E-state index is 0.0801. The summed E-state index contributed by atoms with van der Waals surface area (Å²) < 4.78 is 0. The van der Waals surface area contributed by atoms with Crippen molar-refractivity contribution in [2.75, 3.05) is 6.54 Å². The van der Waals surface area contributed by atoms with Gasteiger partial charge < -0.3 is 5.32 Å². The van der Waals surface area contributed by atoms with Gasteiger partial charge in [0, 0.05) is 12.3 Å². The highest BCUT2D eigenvalue weighted by molar-refractivity contribution is 7.12. The van der Waals surface area contributed by atoms with Gasteiger partial charge in [-0.15, -0.1) is 11.3 Å². The summed E-state index contributed by atoms with van der Waals surface area (Å²) in [6.45, 7) is 4.36. The van der Waals surface area contributed by atoms with Crippen molar-refractivity contribution in [2.45, 2.75) is 26.7 Å². The van der Waals surface area contributed by atoms with E-state index >= 15 is 0 Å². The molecule has 0 atom stereocenters. The Morgan fingerprint density at radius 1 is 1.44 bits per heavy atom. The molecule has 0 saturated carbocycles. The lowest BCUT2D eigenvalue weighted by Crippen LogP contribution is -2.26. The minimum Gasteiger partial charge on any atom is -0.356 e. The summed E-state index contributed by atoms with van der Waals surface area (Å²) in [5.41, 5.74) is 3.00. The molecule has 18 heavy (non-hydrogen) atoms. The van der Waals surface area contributed by atoms with Crippen LogP contribution in [0.2, 0.25) is 0 Å². The molecule has 1 aromatic rings. The largest absolute Gasteiger partial charge is 0.356 e. The van der Waals surface area contributed by atoms with Gasteiger partial charge in [-0.2, -0.15) is 5.10 Å². The van der Waals surface area contributed by atoms with Gasteiger partial charge >= 0.3 is 0 Å². The molecule has 0 aliphatic rings. The van der Waals surface area contributed by atoms with Crippen LogP contribution in [-0.4, -0.2) is 24.1 Å². The van der Waals surface area contributed by atoms with E-state index in [0.29, 0.717) is 17.1 Å². The Kier molecular flexibility index (Phi) is 6.07. The third-order valence-electron chi connectivity index (χ3n) is 2.08. The van der Waals surface area contributed by atoms with E-state index < -0.39 is 0 Å². The van der Waals surface area contributed by atoms with E-state index in [0.717, 1.165) is 6.42 Å². The Bertz CT molecular complexity index is 427. The summed E-state index contributed by atoms with van der Waals surface area (Å²) >= 11 is 1.35. The van der Waals surface area contributed by atoms with Crippen molar-refractivity contribution in [3.8, 4) is 0 Å². The topological polar surface area (TPSA) is 70.6 Å². The van der Waals surface area contributed by atoms with Crippen LogP contribution in [0.25, 0.3) is 0 Å². The Morgan fingerprint density at radius 2 is 2.22 bits per heavy atom. The highest BCUT2D eigenvalue weighted by Crippen LogP contribution is 2.07. The maximum atomic E-state index is 11.6. The van der Waals surface area contributed by atoms with Crippen LogP contribution >= 0.6 is 11.3 Å². The van der Waals surface area contributed by atoms with E-state index in [2.05, 4.69) is 15.8 Å². The normalized spacial score (nSPS) is 11.1. The molecule has 0 bridgehead atoms. The minimum atomic E-state index is -0.252. The number of hydrogen-bond acceptors (Lipinski definition) is 4. The van der Waals surface area contributed by atoms with Gasteiger partial charge in [-0.25, -0.2) is 5.43 Å². The molecule has 5 nitrogen and oxygen atoms in total. The molecule has 2 amide bonds. The molecule has 1 heterocycles. The van der Waals surface area contributed by atoms with Crippen molar-refractivity contribution in [2.24, 2.45) is 5.10 Å². The average Bonchev–Trinajstić information content (AvgIpc) is 2.87. The number of hydrogen-bond donors (Lipinski definition) is 2. The Labute approximate surface area is 110 Å². The lowest BCUT2D eigenvalue weighted by Gasteiger charge is -2.03. The van der Waals surface area contributed by atoms with E-state index in [9.17, 15) is 9.59 Å². The summed E-state index contributed by atoms with van der Waals surface area (Å²) in [7, 11) is 0. The van der Waals surface area contributed by atoms with E-state index in [-0.39, 0.29) is 18.2 Å². The number of nitrogens with zero attached hydrogens (tertiary/aromatic N) is 1. The van der Waals surface area contributed by atoms with Crippen molar-refractivity contribution in [1.82, 2.24) is 10.7 Å². The number of thiophene rings is 1. The fourth-order valence-corrected chi connectivity index (χ4v) is 1.82. The fraction of sp³-hybridized carbons (Fsp3) is 0.417. The first-order valence-electron chi connectivity index (χ1n) is 5.77. The number of hydrazone groups is 1.